The first-order valence-electron chi connectivity index (χ1n) is 6.44. The van der Waals surface area contributed by atoms with E-state index in [1.807, 2.05) is 25.1 Å². The number of carbonyl (C=O) groups excluding carboxylic acids is 1. The maximum Gasteiger partial charge on any atom is 0.260 e. The first-order valence-corrected chi connectivity index (χ1v) is 7.23. The van der Waals surface area contributed by atoms with Crippen LogP contribution >= 0.6 is 15.9 Å². The fourth-order valence-corrected chi connectivity index (χ4v) is 2.03. The summed E-state index contributed by atoms with van der Waals surface area (Å²) in [6.45, 7) is 4.51. The molecule has 2 unspecified atom stereocenters. The van der Waals surface area contributed by atoms with Gasteiger partial charge in [0.25, 0.3) is 5.91 Å². The molecule has 0 heterocycles. The third-order valence-corrected chi connectivity index (χ3v) is 3.23. The lowest BCUT2D eigenvalue weighted by Crippen LogP contribution is -2.38. The number of hydrogen-bond acceptors (Lipinski definition) is 4. The van der Waals surface area contributed by atoms with E-state index in [-0.39, 0.29) is 11.9 Å². The molecule has 5 nitrogen and oxygen atoms in total. The van der Waals surface area contributed by atoms with E-state index in [1.54, 1.807) is 14.0 Å². The molecule has 20 heavy (non-hydrogen) atoms. The van der Waals surface area contributed by atoms with Gasteiger partial charge in [-0.15, -0.1) is 0 Å². The summed E-state index contributed by atoms with van der Waals surface area (Å²) in [6, 6.07) is 5.39. The predicted molar refractivity (Wildman–Crippen MR) is 81.7 cm³/mol. The fourth-order valence-electron chi connectivity index (χ4n) is 1.65. The maximum atomic E-state index is 11.8. The highest BCUT2D eigenvalue weighted by atomic mass is 79.9. The highest BCUT2D eigenvalue weighted by Crippen LogP contribution is 2.28. The quantitative estimate of drug-likeness (QED) is 0.742. The van der Waals surface area contributed by atoms with Crippen molar-refractivity contribution in [1.82, 2.24) is 5.32 Å². The van der Waals surface area contributed by atoms with E-state index in [0.29, 0.717) is 18.9 Å². The van der Waals surface area contributed by atoms with Crippen LogP contribution in [-0.4, -0.2) is 32.3 Å². The zero-order valence-electron chi connectivity index (χ0n) is 12.0. The average Bonchev–Trinajstić information content (AvgIpc) is 2.40. The number of nitrogens with one attached hydrogen (secondary N) is 1. The average molecular weight is 345 g/mol. The Morgan fingerprint density at radius 2 is 2.15 bits per heavy atom. The van der Waals surface area contributed by atoms with Crippen molar-refractivity contribution < 1.29 is 14.3 Å². The number of benzene rings is 1. The van der Waals surface area contributed by atoms with Crippen LogP contribution in [-0.2, 0) is 9.53 Å². The first kappa shape index (κ1) is 16.9. The fraction of sp³-hybridized carbons (Fsp3) is 0.500. The van der Waals surface area contributed by atoms with Gasteiger partial charge in [0, 0.05) is 29.7 Å². The van der Waals surface area contributed by atoms with Gasteiger partial charge in [-0.05, 0) is 32.0 Å². The Kier molecular flexibility index (Phi) is 6.98. The van der Waals surface area contributed by atoms with Gasteiger partial charge < -0.3 is 20.5 Å². The second-order valence-corrected chi connectivity index (χ2v) is 5.43. The molecule has 0 aliphatic heterocycles. The molecule has 1 amide bonds. The van der Waals surface area contributed by atoms with Gasteiger partial charge >= 0.3 is 0 Å². The van der Waals surface area contributed by atoms with Crippen LogP contribution in [0.5, 0.6) is 5.75 Å². The van der Waals surface area contributed by atoms with Gasteiger partial charge in [0.05, 0.1) is 6.61 Å². The number of ether oxygens (including phenoxy) is 2. The summed E-state index contributed by atoms with van der Waals surface area (Å²) < 4.78 is 11.5. The van der Waals surface area contributed by atoms with Gasteiger partial charge in [-0.3, -0.25) is 4.79 Å². The van der Waals surface area contributed by atoms with Crippen LogP contribution in [0.2, 0.25) is 0 Å². The van der Waals surface area contributed by atoms with Crippen molar-refractivity contribution in [3.8, 4) is 5.75 Å². The lowest BCUT2D eigenvalue weighted by molar-refractivity contribution is -0.127. The topological polar surface area (TPSA) is 73.6 Å². The lowest BCUT2D eigenvalue weighted by Gasteiger charge is -2.19. The molecular formula is C14H21BrN2O3. The summed E-state index contributed by atoms with van der Waals surface area (Å²) in [7, 11) is 1.59. The second kappa shape index (κ2) is 8.24. The lowest BCUT2D eigenvalue weighted by atomic mass is 10.1. The van der Waals surface area contributed by atoms with Crippen LogP contribution in [0.25, 0.3) is 0 Å². The molecule has 2 atom stereocenters. The number of methoxy groups -OCH3 is 1. The number of carbonyl (C=O) groups is 1. The molecule has 0 spiro atoms. The third-order valence-electron chi connectivity index (χ3n) is 2.74. The number of halogens is 1. The van der Waals surface area contributed by atoms with E-state index in [0.717, 1.165) is 10.0 Å². The Hall–Kier alpha value is -1.11. The molecule has 0 radical (unpaired) electrons. The predicted octanol–water partition coefficient (Wildman–Crippen LogP) is 2.00. The van der Waals surface area contributed by atoms with E-state index in [9.17, 15) is 4.79 Å². The Labute approximate surface area is 127 Å². The summed E-state index contributed by atoms with van der Waals surface area (Å²) in [5.74, 6) is 0.443. The van der Waals surface area contributed by atoms with Gasteiger partial charge in [-0.1, -0.05) is 15.9 Å². The highest BCUT2D eigenvalue weighted by Gasteiger charge is 2.17. The Morgan fingerprint density at radius 3 is 2.75 bits per heavy atom. The minimum absolute atomic E-state index is 0.175. The van der Waals surface area contributed by atoms with Crippen molar-refractivity contribution >= 4 is 21.8 Å². The van der Waals surface area contributed by atoms with Crippen molar-refractivity contribution in [3.05, 3.63) is 28.2 Å². The smallest absolute Gasteiger partial charge is 0.260 e. The summed E-state index contributed by atoms with van der Waals surface area (Å²) in [4.78, 5) is 11.8. The summed E-state index contributed by atoms with van der Waals surface area (Å²) in [5.41, 5.74) is 6.77. The van der Waals surface area contributed by atoms with Crippen LogP contribution in [0.3, 0.4) is 0 Å². The second-order valence-electron chi connectivity index (χ2n) is 4.51. The minimum Gasteiger partial charge on any atom is -0.481 e. The summed E-state index contributed by atoms with van der Waals surface area (Å²) >= 11 is 3.40. The van der Waals surface area contributed by atoms with Gasteiger partial charge in [-0.2, -0.15) is 0 Å². The summed E-state index contributed by atoms with van der Waals surface area (Å²) in [5, 5.41) is 2.73. The molecule has 0 fully saturated rings. The molecule has 1 aromatic carbocycles. The molecule has 0 saturated heterocycles. The van der Waals surface area contributed by atoms with Crippen molar-refractivity contribution in [1.29, 1.82) is 0 Å². The van der Waals surface area contributed by atoms with E-state index >= 15 is 0 Å². The van der Waals surface area contributed by atoms with Crippen molar-refractivity contribution in [2.24, 2.45) is 5.73 Å². The normalized spacial score (nSPS) is 13.7. The van der Waals surface area contributed by atoms with Crippen LogP contribution in [0, 0.1) is 0 Å². The van der Waals surface area contributed by atoms with Crippen molar-refractivity contribution in [3.63, 3.8) is 0 Å². The SMILES string of the molecule is COCCNC(=O)C(C)Oc1ccc(Br)cc1C(C)N. The molecule has 1 rings (SSSR count). The minimum atomic E-state index is -0.592. The highest BCUT2D eigenvalue weighted by molar-refractivity contribution is 9.10. The van der Waals surface area contributed by atoms with Gasteiger partial charge in [0.1, 0.15) is 5.75 Å². The molecular weight excluding hydrogens is 324 g/mol. The Morgan fingerprint density at radius 1 is 1.45 bits per heavy atom. The van der Waals surface area contributed by atoms with Crippen molar-refractivity contribution in [2.75, 3.05) is 20.3 Å². The maximum absolute atomic E-state index is 11.8. The van der Waals surface area contributed by atoms with Crippen molar-refractivity contribution in [2.45, 2.75) is 26.0 Å². The van der Waals surface area contributed by atoms with E-state index < -0.39 is 6.10 Å². The third kappa shape index (κ3) is 5.11. The zero-order valence-corrected chi connectivity index (χ0v) is 13.6. The Bertz CT molecular complexity index is 452. The van der Waals surface area contributed by atoms with Crippen LogP contribution < -0.4 is 15.8 Å². The molecule has 0 bridgehead atoms. The van der Waals surface area contributed by atoms with Crippen LogP contribution in [0.1, 0.15) is 25.5 Å². The number of rotatable bonds is 7. The Balaban J connectivity index is 2.70. The monoisotopic (exact) mass is 344 g/mol. The van der Waals surface area contributed by atoms with E-state index in [2.05, 4.69) is 21.2 Å². The molecule has 0 aliphatic rings. The molecule has 112 valence electrons. The molecule has 0 aromatic heterocycles. The largest absolute Gasteiger partial charge is 0.481 e. The van der Waals surface area contributed by atoms with Gasteiger partial charge in [0.15, 0.2) is 6.10 Å². The molecule has 0 saturated carbocycles. The molecule has 3 N–H and O–H groups in total. The van der Waals surface area contributed by atoms with E-state index in [4.69, 9.17) is 15.2 Å². The van der Waals surface area contributed by atoms with Crippen LogP contribution in [0.4, 0.5) is 0 Å². The summed E-state index contributed by atoms with van der Waals surface area (Å²) in [6.07, 6.45) is -0.592. The number of amides is 1. The standard InChI is InChI=1S/C14H21BrN2O3/c1-9(16)12-8-11(15)4-5-13(12)20-10(2)14(18)17-6-7-19-3/h4-5,8-10H,6-7,16H2,1-3H3,(H,17,18). The molecule has 1 aromatic rings. The molecule has 0 aliphatic carbocycles. The van der Waals surface area contributed by atoms with E-state index in [1.165, 1.54) is 0 Å². The first-order chi connectivity index (χ1) is 9.45. The zero-order chi connectivity index (χ0) is 15.1. The number of hydrogen-bond donors (Lipinski definition) is 2. The van der Waals surface area contributed by atoms with Crippen LogP contribution in [0.15, 0.2) is 22.7 Å². The van der Waals surface area contributed by atoms with Gasteiger partial charge in [-0.25, -0.2) is 0 Å². The van der Waals surface area contributed by atoms with Gasteiger partial charge in [0.2, 0.25) is 0 Å². The number of nitrogens with two attached hydrogens (primary N) is 1. The molecule has 6 heteroatoms.